The SMILES string of the molecule is CCNC(=NCc1sc(C)nc1C)N(C)CCC1CCOCC1. The van der Waals surface area contributed by atoms with E-state index in [1.807, 2.05) is 0 Å². The van der Waals surface area contributed by atoms with Crippen molar-refractivity contribution in [1.82, 2.24) is 15.2 Å². The van der Waals surface area contributed by atoms with Crippen LogP contribution in [-0.2, 0) is 11.3 Å². The minimum atomic E-state index is 0.710. The first-order chi connectivity index (χ1) is 11.1. The van der Waals surface area contributed by atoms with Gasteiger partial charge in [-0.15, -0.1) is 11.3 Å². The first-order valence-corrected chi connectivity index (χ1v) is 9.42. The lowest BCUT2D eigenvalue weighted by molar-refractivity contribution is 0.0625. The summed E-state index contributed by atoms with van der Waals surface area (Å²) in [6.45, 7) is 10.7. The number of thiazole rings is 1. The Balaban J connectivity index is 1.90. The van der Waals surface area contributed by atoms with Gasteiger partial charge in [0.2, 0.25) is 0 Å². The normalized spacial score (nSPS) is 16.6. The van der Waals surface area contributed by atoms with Crippen molar-refractivity contribution in [2.24, 2.45) is 10.9 Å². The molecule has 0 bridgehead atoms. The van der Waals surface area contributed by atoms with Gasteiger partial charge in [-0.05, 0) is 46.0 Å². The summed E-state index contributed by atoms with van der Waals surface area (Å²) < 4.78 is 5.44. The third-order valence-corrected chi connectivity index (χ3v) is 5.34. The maximum Gasteiger partial charge on any atom is 0.194 e. The van der Waals surface area contributed by atoms with E-state index in [-0.39, 0.29) is 0 Å². The van der Waals surface area contributed by atoms with Gasteiger partial charge in [0.05, 0.1) is 17.2 Å². The van der Waals surface area contributed by atoms with Crippen LogP contribution in [-0.4, -0.2) is 49.2 Å². The van der Waals surface area contributed by atoms with Crippen LogP contribution in [0.2, 0.25) is 0 Å². The van der Waals surface area contributed by atoms with Crippen LogP contribution in [0.25, 0.3) is 0 Å². The molecule has 0 radical (unpaired) electrons. The minimum absolute atomic E-state index is 0.710. The van der Waals surface area contributed by atoms with Crippen molar-refractivity contribution in [3.05, 3.63) is 15.6 Å². The fraction of sp³-hybridized carbons (Fsp3) is 0.765. The van der Waals surface area contributed by atoms with Crippen molar-refractivity contribution in [3.8, 4) is 0 Å². The highest BCUT2D eigenvalue weighted by molar-refractivity contribution is 7.11. The molecule has 2 heterocycles. The van der Waals surface area contributed by atoms with Crippen molar-refractivity contribution in [2.75, 3.05) is 33.4 Å². The highest BCUT2D eigenvalue weighted by atomic mass is 32.1. The summed E-state index contributed by atoms with van der Waals surface area (Å²) in [5.41, 5.74) is 1.11. The van der Waals surface area contributed by atoms with Crippen molar-refractivity contribution >= 4 is 17.3 Å². The number of hydrogen-bond donors (Lipinski definition) is 1. The Morgan fingerprint density at radius 2 is 2.13 bits per heavy atom. The quantitative estimate of drug-likeness (QED) is 0.640. The molecule has 0 aliphatic carbocycles. The van der Waals surface area contributed by atoms with Crippen LogP contribution in [0.15, 0.2) is 4.99 Å². The molecule has 1 aromatic rings. The number of nitrogens with zero attached hydrogens (tertiary/aromatic N) is 3. The Morgan fingerprint density at radius 1 is 1.39 bits per heavy atom. The van der Waals surface area contributed by atoms with Gasteiger partial charge >= 0.3 is 0 Å². The van der Waals surface area contributed by atoms with E-state index in [0.29, 0.717) is 6.54 Å². The fourth-order valence-corrected chi connectivity index (χ4v) is 3.72. The average molecular weight is 339 g/mol. The molecule has 1 fully saturated rings. The van der Waals surface area contributed by atoms with Crippen molar-refractivity contribution < 1.29 is 4.74 Å². The lowest BCUT2D eigenvalue weighted by atomic mass is 9.96. The maximum atomic E-state index is 5.44. The summed E-state index contributed by atoms with van der Waals surface area (Å²) in [5, 5.41) is 4.52. The number of nitrogens with one attached hydrogen (secondary N) is 1. The number of rotatable bonds is 6. The lowest BCUT2D eigenvalue weighted by Gasteiger charge is -2.26. The Kier molecular flexibility index (Phi) is 7.30. The number of hydrogen-bond acceptors (Lipinski definition) is 4. The van der Waals surface area contributed by atoms with E-state index in [1.54, 1.807) is 11.3 Å². The van der Waals surface area contributed by atoms with Gasteiger partial charge in [0.1, 0.15) is 0 Å². The molecule has 2 rings (SSSR count). The number of guanidine groups is 1. The largest absolute Gasteiger partial charge is 0.381 e. The summed E-state index contributed by atoms with van der Waals surface area (Å²) in [4.78, 5) is 12.8. The molecular weight excluding hydrogens is 308 g/mol. The van der Waals surface area contributed by atoms with Crippen molar-refractivity contribution in [3.63, 3.8) is 0 Å². The zero-order valence-electron chi connectivity index (χ0n) is 14.9. The van der Waals surface area contributed by atoms with Crippen LogP contribution in [0.3, 0.4) is 0 Å². The highest BCUT2D eigenvalue weighted by Gasteiger charge is 2.15. The first kappa shape index (κ1) is 18.2. The van der Waals surface area contributed by atoms with Gasteiger partial charge in [0, 0.05) is 38.2 Å². The van der Waals surface area contributed by atoms with Crippen LogP contribution in [0, 0.1) is 19.8 Å². The Bertz CT molecular complexity index is 509. The van der Waals surface area contributed by atoms with E-state index in [0.717, 1.165) is 48.9 Å². The Morgan fingerprint density at radius 3 is 2.74 bits per heavy atom. The molecule has 0 atom stereocenters. The molecule has 6 heteroatoms. The summed E-state index contributed by atoms with van der Waals surface area (Å²) in [5.74, 6) is 1.78. The zero-order chi connectivity index (χ0) is 16.7. The molecular formula is C17H30N4OS. The van der Waals surface area contributed by atoms with Gasteiger partial charge in [-0.2, -0.15) is 0 Å². The average Bonchev–Trinajstić information content (AvgIpc) is 2.87. The van der Waals surface area contributed by atoms with E-state index in [4.69, 9.17) is 9.73 Å². The second-order valence-electron chi connectivity index (χ2n) is 6.18. The van der Waals surface area contributed by atoms with Gasteiger partial charge in [0.25, 0.3) is 0 Å². The van der Waals surface area contributed by atoms with E-state index >= 15 is 0 Å². The molecule has 1 aliphatic heterocycles. The molecule has 1 aliphatic rings. The number of aromatic nitrogens is 1. The highest BCUT2D eigenvalue weighted by Crippen LogP contribution is 2.19. The molecule has 0 amide bonds. The zero-order valence-corrected chi connectivity index (χ0v) is 15.7. The van der Waals surface area contributed by atoms with Crippen LogP contribution < -0.4 is 5.32 Å². The standard InChI is InChI=1S/C17H30N4OS/c1-5-18-17(19-12-16-13(2)20-14(3)23-16)21(4)9-6-15-7-10-22-11-8-15/h15H,5-12H2,1-4H3,(H,18,19). The van der Waals surface area contributed by atoms with Crippen LogP contribution in [0.4, 0.5) is 0 Å². The molecule has 5 nitrogen and oxygen atoms in total. The second-order valence-corrected chi connectivity index (χ2v) is 7.47. The van der Waals surface area contributed by atoms with Gasteiger partial charge in [-0.3, -0.25) is 0 Å². The molecule has 1 N–H and O–H groups in total. The molecule has 0 saturated carbocycles. The summed E-state index contributed by atoms with van der Waals surface area (Å²) in [7, 11) is 2.13. The molecule has 1 aromatic heterocycles. The molecule has 0 aromatic carbocycles. The number of aryl methyl sites for hydroxylation is 2. The smallest absolute Gasteiger partial charge is 0.194 e. The Labute approximate surface area is 144 Å². The lowest BCUT2D eigenvalue weighted by Crippen LogP contribution is -2.40. The maximum absolute atomic E-state index is 5.44. The van der Waals surface area contributed by atoms with Gasteiger partial charge in [0.15, 0.2) is 5.96 Å². The third-order valence-electron chi connectivity index (χ3n) is 4.28. The van der Waals surface area contributed by atoms with Crippen LogP contribution in [0.5, 0.6) is 0 Å². The molecule has 0 unspecified atom stereocenters. The monoisotopic (exact) mass is 338 g/mol. The first-order valence-electron chi connectivity index (χ1n) is 8.60. The van der Waals surface area contributed by atoms with E-state index in [9.17, 15) is 0 Å². The van der Waals surface area contributed by atoms with Crippen LogP contribution in [0.1, 0.15) is 41.8 Å². The van der Waals surface area contributed by atoms with E-state index in [1.165, 1.54) is 24.1 Å². The van der Waals surface area contributed by atoms with Crippen molar-refractivity contribution in [1.29, 1.82) is 0 Å². The van der Waals surface area contributed by atoms with Gasteiger partial charge in [-0.1, -0.05) is 0 Å². The summed E-state index contributed by atoms with van der Waals surface area (Å²) in [6.07, 6.45) is 3.60. The second kappa shape index (κ2) is 9.23. The predicted octanol–water partition coefficient (Wildman–Crippen LogP) is 2.97. The molecule has 0 spiro atoms. The molecule has 130 valence electrons. The Hall–Kier alpha value is -1.14. The predicted molar refractivity (Wildman–Crippen MR) is 97.2 cm³/mol. The van der Waals surface area contributed by atoms with E-state index in [2.05, 4.69) is 43.0 Å². The minimum Gasteiger partial charge on any atom is -0.381 e. The molecule has 23 heavy (non-hydrogen) atoms. The van der Waals surface area contributed by atoms with E-state index < -0.39 is 0 Å². The fourth-order valence-electron chi connectivity index (χ4n) is 2.85. The van der Waals surface area contributed by atoms with Gasteiger partial charge < -0.3 is 15.0 Å². The molecule has 1 saturated heterocycles. The summed E-state index contributed by atoms with van der Waals surface area (Å²) in [6, 6.07) is 0. The number of ether oxygens (including phenoxy) is 1. The summed E-state index contributed by atoms with van der Waals surface area (Å²) >= 11 is 1.74. The number of aliphatic imine (C=N–C) groups is 1. The van der Waals surface area contributed by atoms with Crippen molar-refractivity contribution in [2.45, 2.75) is 46.6 Å². The van der Waals surface area contributed by atoms with Crippen LogP contribution >= 0.6 is 11.3 Å². The van der Waals surface area contributed by atoms with Gasteiger partial charge in [-0.25, -0.2) is 9.98 Å². The third kappa shape index (κ3) is 5.77. The topological polar surface area (TPSA) is 49.8 Å².